The molecular weight excluding hydrogens is 360 g/mol. The SMILES string of the molecule is C=CC(Cc1ccccc1)(C(=O)c1ccc(N2CCOCC2)cc1)N(CC)CC. The maximum absolute atomic E-state index is 13.8. The van der Waals surface area contributed by atoms with Gasteiger partial charge in [0.05, 0.1) is 13.2 Å². The van der Waals surface area contributed by atoms with Crippen molar-refractivity contribution in [3.63, 3.8) is 0 Å². The number of morpholine rings is 1. The van der Waals surface area contributed by atoms with Gasteiger partial charge in [0.2, 0.25) is 0 Å². The lowest BCUT2D eigenvalue weighted by atomic mass is 9.81. The van der Waals surface area contributed by atoms with Crippen molar-refractivity contribution >= 4 is 11.5 Å². The normalized spacial score (nSPS) is 16.4. The Hall–Kier alpha value is -2.43. The Kier molecular flexibility index (Phi) is 7.24. The molecule has 0 spiro atoms. The van der Waals surface area contributed by atoms with Gasteiger partial charge in [-0.2, -0.15) is 0 Å². The molecule has 2 aromatic rings. The fourth-order valence-corrected chi connectivity index (χ4v) is 4.22. The monoisotopic (exact) mass is 392 g/mol. The Morgan fingerprint density at radius 2 is 1.69 bits per heavy atom. The van der Waals surface area contributed by atoms with Crippen LogP contribution in [0.3, 0.4) is 0 Å². The van der Waals surface area contributed by atoms with Crippen molar-refractivity contribution < 1.29 is 9.53 Å². The first-order valence-corrected chi connectivity index (χ1v) is 10.5. The summed E-state index contributed by atoms with van der Waals surface area (Å²) >= 11 is 0. The summed E-state index contributed by atoms with van der Waals surface area (Å²) in [7, 11) is 0. The Balaban J connectivity index is 1.92. The summed E-state index contributed by atoms with van der Waals surface area (Å²) in [4.78, 5) is 18.3. The highest BCUT2D eigenvalue weighted by Gasteiger charge is 2.40. The van der Waals surface area contributed by atoms with Gasteiger partial charge in [-0.25, -0.2) is 0 Å². The van der Waals surface area contributed by atoms with E-state index in [1.54, 1.807) is 0 Å². The molecule has 0 N–H and O–H groups in total. The molecule has 0 aromatic heterocycles. The van der Waals surface area contributed by atoms with E-state index in [0.29, 0.717) is 6.42 Å². The number of anilines is 1. The zero-order chi connectivity index (χ0) is 20.7. The highest BCUT2D eigenvalue weighted by atomic mass is 16.5. The quantitative estimate of drug-likeness (QED) is 0.473. The Labute approximate surface area is 174 Å². The number of ether oxygens (including phenoxy) is 1. The molecule has 0 aliphatic carbocycles. The van der Waals surface area contributed by atoms with Crippen LogP contribution in [0.5, 0.6) is 0 Å². The summed E-state index contributed by atoms with van der Waals surface area (Å²) in [6.07, 6.45) is 2.45. The summed E-state index contributed by atoms with van der Waals surface area (Å²) in [5.41, 5.74) is 2.24. The highest BCUT2D eigenvalue weighted by Crippen LogP contribution is 2.28. The number of hydrogen-bond donors (Lipinski definition) is 0. The largest absolute Gasteiger partial charge is 0.378 e. The van der Waals surface area contributed by atoms with E-state index in [-0.39, 0.29) is 5.78 Å². The molecule has 1 heterocycles. The number of benzene rings is 2. The lowest BCUT2D eigenvalue weighted by Gasteiger charge is -2.40. The molecule has 1 aliphatic rings. The van der Waals surface area contributed by atoms with Crippen LogP contribution in [0.2, 0.25) is 0 Å². The van der Waals surface area contributed by atoms with Crippen LogP contribution in [0.25, 0.3) is 0 Å². The molecule has 4 nitrogen and oxygen atoms in total. The number of Topliss-reactive ketones (excluding diaryl/α,β-unsaturated/α-hetero) is 1. The minimum atomic E-state index is -0.759. The molecule has 1 saturated heterocycles. The van der Waals surface area contributed by atoms with Gasteiger partial charge < -0.3 is 9.64 Å². The van der Waals surface area contributed by atoms with Gasteiger partial charge in [-0.3, -0.25) is 9.69 Å². The standard InChI is InChI=1S/C25H32N2O2/c1-4-25(27(5-2)6-3,20-21-10-8-7-9-11-21)24(28)22-12-14-23(15-13-22)26-16-18-29-19-17-26/h4,7-15H,1,5-6,16-20H2,2-3H3. The minimum absolute atomic E-state index is 0.105. The molecule has 0 saturated carbocycles. The third kappa shape index (κ3) is 4.60. The summed E-state index contributed by atoms with van der Waals surface area (Å²) in [6.45, 7) is 13.1. The predicted molar refractivity (Wildman–Crippen MR) is 120 cm³/mol. The van der Waals surface area contributed by atoms with Crippen LogP contribution in [0, 0.1) is 0 Å². The lowest BCUT2D eigenvalue weighted by Crippen LogP contribution is -2.54. The lowest BCUT2D eigenvalue weighted by molar-refractivity contribution is 0.0694. The van der Waals surface area contributed by atoms with E-state index >= 15 is 0 Å². The van der Waals surface area contributed by atoms with Gasteiger partial charge in [0.15, 0.2) is 5.78 Å². The Morgan fingerprint density at radius 3 is 2.24 bits per heavy atom. The van der Waals surface area contributed by atoms with E-state index in [0.717, 1.165) is 56.2 Å². The number of carbonyl (C=O) groups excluding carboxylic acids is 1. The van der Waals surface area contributed by atoms with E-state index < -0.39 is 5.54 Å². The van der Waals surface area contributed by atoms with Crippen LogP contribution in [0.1, 0.15) is 29.8 Å². The van der Waals surface area contributed by atoms with E-state index in [9.17, 15) is 4.79 Å². The van der Waals surface area contributed by atoms with Gasteiger partial charge in [-0.15, -0.1) is 6.58 Å². The number of rotatable bonds is 9. The van der Waals surface area contributed by atoms with E-state index in [1.165, 1.54) is 0 Å². The fraction of sp³-hybridized carbons (Fsp3) is 0.400. The van der Waals surface area contributed by atoms with Crippen LogP contribution in [-0.2, 0) is 11.2 Å². The molecular formula is C25H32N2O2. The van der Waals surface area contributed by atoms with Crippen LogP contribution in [0.4, 0.5) is 5.69 Å². The smallest absolute Gasteiger partial charge is 0.187 e. The third-order valence-corrected chi connectivity index (χ3v) is 5.88. The third-order valence-electron chi connectivity index (χ3n) is 5.88. The van der Waals surface area contributed by atoms with Crippen molar-refractivity contribution in [2.75, 3.05) is 44.3 Å². The van der Waals surface area contributed by atoms with Crippen molar-refractivity contribution in [2.24, 2.45) is 0 Å². The van der Waals surface area contributed by atoms with Crippen molar-refractivity contribution in [1.82, 2.24) is 4.90 Å². The number of carbonyl (C=O) groups is 1. The average molecular weight is 393 g/mol. The van der Waals surface area contributed by atoms with E-state index in [4.69, 9.17) is 4.74 Å². The van der Waals surface area contributed by atoms with Crippen molar-refractivity contribution in [3.8, 4) is 0 Å². The van der Waals surface area contributed by atoms with Gasteiger partial charge >= 0.3 is 0 Å². The van der Waals surface area contributed by atoms with Gasteiger partial charge in [-0.1, -0.05) is 50.3 Å². The Bertz CT molecular complexity index is 793. The molecule has 3 rings (SSSR count). The molecule has 1 unspecified atom stereocenters. The summed E-state index contributed by atoms with van der Waals surface area (Å²) in [6, 6.07) is 18.2. The van der Waals surface area contributed by atoms with Gasteiger partial charge in [0, 0.05) is 30.8 Å². The number of nitrogens with zero attached hydrogens (tertiary/aromatic N) is 2. The fourth-order valence-electron chi connectivity index (χ4n) is 4.22. The van der Waals surface area contributed by atoms with Crippen molar-refractivity contribution in [2.45, 2.75) is 25.8 Å². The van der Waals surface area contributed by atoms with Crippen LogP contribution < -0.4 is 4.90 Å². The van der Waals surface area contributed by atoms with Gasteiger partial charge in [0.25, 0.3) is 0 Å². The molecule has 1 aliphatic heterocycles. The van der Waals surface area contributed by atoms with E-state index in [1.807, 2.05) is 36.4 Å². The zero-order valence-electron chi connectivity index (χ0n) is 17.6. The first kappa shape index (κ1) is 21.3. The molecule has 1 atom stereocenters. The van der Waals surface area contributed by atoms with Crippen molar-refractivity contribution in [3.05, 3.63) is 78.4 Å². The molecule has 0 bridgehead atoms. The molecule has 29 heavy (non-hydrogen) atoms. The summed E-state index contributed by atoms with van der Waals surface area (Å²) in [5, 5.41) is 0. The second kappa shape index (κ2) is 9.86. The van der Waals surface area contributed by atoms with Crippen LogP contribution >= 0.6 is 0 Å². The topological polar surface area (TPSA) is 32.8 Å². The molecule has 154 valence electrons. The minimum Gasteiger partial charge on any atom is -0.378 e. The molecule has 0 amide bonds. The van der Waals surface area contributed by atoms with Gasteiger partial charge in [0.1, 0.15) is 5.54 Å². The second-order valence-electron chi connectivity index (χ2n) is 7.44. The molecule has 1 fully saturated rings. The number of likely N-dealkylation sites (N-methyl/N-ethyl adjacent to an activating group) is 1. The first-order valence-electron chi connectivity index (χ1n) is 10.5. The molecule has 4 heteroatoms. The summed E-state index contributed by atoms with van der Waals surface area (Å²) in [5.74, 6) is 0.105. The molecule has 2 aromatic carbocycles. The second-order valence-corrected chi connectivity index (χ2v) is 7.44. The molecule has 0 radical (unpaired) electrons. The van der Waals surface area contributed by atoms with E-state index in [2.05, 4.69) is 54.5 Å². The van der Waals surface area contributed by atoms with Crippen LogP contribution in [-0.4, -0.2) is 55.6 Å². The maximum Gasteiger partial charge on any atom is 0.187 e. The number of ketones is 1. The summed E-state index contributed by atoms with van der Waals surface area (Å²) < 4.78 is 5.44. The van der Waals surface area contributed by atoms with Gasteiger partial charge in [-0.05, 0) is 42.9 Å². The predicted octanol–water partition coefficient (Wildman–Crippen LogP) is 4.22. The Morgan fingerprint density at radius 1 is 1.07 bits per heavy atom. The zero-order valence-corrected chi connectivity index (χ0v) is 17.6. The van der Waals surface area contributed by atoms with Crippen LogP contribution in [0.15, 0.2) is 67.3 Å². The number of hydrogen-bond acceptors (Lipinski definition) is 4. The van der Waals surface area contributed by atoms with Crippen molar-refractivity contribution in [1.29, 1.82) is 0 Å². The first-order chi connectivity index (χ1) is 14.1. The maximum atomic E-state index is 13.8. The highest BCUT2D eigenvalue weighted by molar-refractivity contribution is 6.05. The average Bonchev–Trinajstić information content (AvgIpc) is 2.80.